The molecule has 0 saturated carbocycles. The minimum absolute atomic E-state index is 0.114. The molecule has 0 spiro atoms. The molecule has 0 aromatic heterocycles. The Kier molecular flexibility index (Phi) is 5.03. The van der Waals surface area contributed by atoms with Crippen molar-refractivity contribution in [2.75, 3.05) is 26.4 Å². The first-order valence-corrected chi connectivity index (χ1v) is 6.54. The van der Waals surface area contributed by atoms with Crippen molar-refractivity contribution in [3.63, 3.8) is 0 Å². The number of hydrogen-bond donors (Lipinski definition) is 1. The van der Waals surface area contributed by atoms with E-state index in [1.165, 1.54) is 6.07 Å². The van der Waals surface area contributed by atoms with E-state index in [-0.39, 0.29) is 25.0 Å². The molecule has 1 aromatic carbocycles. The third kappa shape index (κ3) is 3.52. The van der Waals surface area contributed by atoms with Gasteiger partial charge in [-0.25, -0.2) is 8.78 Å². The Morgan fingerprint density at radius 2 is 2.20 bits per heavy atom. The summed E-state index contributed by atoms with van der Waals surface area (Å²) in [5.74, 6) is -1.92. The van der Waals surface area contributed by atoms with E-state index in [0.29, 0.717) is 31.7 Å². The molecule has 20 heavy (non-hydrogen) atoms. The van der Waals surface area contributed by atoms with Gasteiger partial charge in [0, 0.05) is 13.0 Å². The summed E-state index contributed by atoms with van der Waals surface area (Å²) in [6.07, 6.45) is 0.535. The number of halogens is 2. The van der Waals surface area contributed by atoms with E-state index in [0.717, 1.165) is 12.1 Å². The van der Waals surface area contributed by atoms with Crippen LogP contribution in [-0.2, 0) is 16.0 Å². The lowest BCUT2D eigenvalue weighted by Crippen LogP contribution is -2.50. The monoisotopic (exact) mass is 285 g/mol. The second-order valence-corrected chi connectivity index (χ2v) is 4.75. The number of hydrogen-bond acceptors (Lipinski definition) is 3. The number of amides is 1. The van der Waals surface area contributed by atoms with Gasteiger partial charge in [-0.15, -0.1) is 0 Å². The Morgan fingerprint density at radius 3 is 2.90 bits per heavy atom. The number of aliphatic hydroxyl groups excluding tert-OH is 1. The minimum Gasteiger partial charge on any atom is -0.394 e. The molecule has 1 aliphatic rings. The molecule has 0 radical (unpaired) electrons. The molecule has 1 N–H and O–H groups in total. The number of benzene rings is 1. The predicted molar refractivity (Wildman–Crippen MR) is 68.1 cm³/mol. The van der Waals surface area contributed by atoms with Crippen LogP contribution < -0.4 is 0 Å². The van der Waals surface area contributed by atoms with Crippen molar-refractivity contribution < 1.29 is 23.4 Å². The van der Waals surface area contributed by atoms with Crippen LogP contribution in [0.2, 0.25) is 0 Å². The molecule has 1 saturated heterocycles. The maximum absolute atomic E-state index is 13.1. The topological polar surface area (TPSA) is 49.8 Å². The van der Waals surface area contributed by atoms with Crippen molar-refractivity contribution in [2.45, 2.75) is 18.9 Å². The van der Waals surface area contributed by atoms with Crippen LogP contribution in [-0.4, -0.2) is 48.3 Å². The Hall–Kier alpha value is -1.53. The molecule has 1 aromatic rings. The molecule has 110 valence electrons. The van der Waals surface area contributed by atoms with Crippen LogP contribution in [0.15, 0.2) is 18.2 Å². The molecule has 1 heterocycles. The summed E-state index contributed by atoms with van der Waals surface area (Å²) in [7, 11) is 0. The summed E-state index contributed by atoms with van der Waals surface area (Å²) >= 11 is 0. The van der Waals surface area contributed by atoms with Crippen LogP contribution in [0.3, 0.4) is 0 Å². The number of morpholine rings is 1. The SMILES string of the molecule is O=C(CCc1ccc(F)c(F)c1)N1CCOCC1CO. The van der Waals surface area contributed by atoms with Crippen LogP contribution in [0.25, 0.3) is 0 Å². The summed E-state index contributed by atoms with van der Waals surface area (Å²) in [6.45, 7) is 1.08. The summed E-state index contributed by atoms with van der Waals surface area (Å²) in [5.41, 5.74) is 0.575. The number of nitrogens with zero attached hydrogens (tertiary/aromatic N) is 1. The second kappa shape index (κ2) is 6.76. The number of carbonyl (C=O) groups is 1. The fourth-order valence-electron chi connectivity index (χ4n) is 2.22. The van der Waals surface area contributed by atoms with E-state index >= 15 is 0 Å². The third-order valence-corrected chi connectivity index (χ3v) is 3.37. The highest BCUT2D eigenvalue weighted by molar-refractivity contribution is 5.77. The van der Waals surface area contributed by atoms with Gasteiger partial charge in [-0.05, 0) is 24.1 Å². The van der Waals surface area contributed by atoms with E-state index in [2.05, 4.69) is 0 Å². The van der Waals surface area contributed by atoms with Gasteiger partial charge >= 0.3 is 0 Å². The largest absolute Gasteiger partial charge is 0.394 e. The molecule has 1 amide bonds. The number of rotatable bonds is 4. The van der Waals surface area contributed by atoms with Gasteiger partial charge in [0.05, 0.1) is 25.9 Å². The Labute approximate surface area is 116 Å². The lowest BCUT2D eigenvalue weighted by Gasteiger charge is -2.34. The normalized spacial score (nSPS) is 19.1. The first-order chi connectivity index (χ1) is 9.61. The zero-order valence-corrected chi connectivity index (χ0v) is 11.0. The van der Waals surface area contributed by atoms with Crippen LogP contribution in [0.5, 0.6) is 0 Å². The van der Waals surface area contributed by atoms with Gasteiger partial charge in [0.15, 0.2) is 11.6 Å². The number of ether oxygens (including phenoxy) is 1. The average Bonchev–Trinajstić information content (AvgIpc) is 2.48. The molecule has 6 heteroatoms. The molecular formula is C14H17F2NO3. The van der Waals surface area contributed by atoms with Gasteiger partial charge in [0.25, 0.3) is 0 Å². The first kappa shape index (κ1) is 14.9. The van der Waals surface area contributed by atoms with Crippen molar-refractivity contribution in [3.05, 3.63) is 35.4 Å². The number of aliphatic hydroxyl groups is 1. The molecule has 1 aliphatic heterocycles. The van der Waals surface area contributed by atoms with Gasteiger partial charge in [-0.1, -0.05) is 6.07 Å². The van der Waals surface area contributed by atoms with Crippen molar-refractivity contribution in [1.82, 2.24) is 4.90 Å². The fourth-order valence-corrected chi connectivity index (χ4v) is 2.22. The van der Waals surface area contributed by atoms with Crippen LogP contribution in [0, 0.1) is 11.6 Å². The van der Waals surface area contributed by atoms with E-state index in [4.69, 9.17) is 4.74 Å². The number of aryl methyl sites for hydroxylation is 1. The molecule has 0 bridgehead atoms. The highest BCUT2D eigenvalue weighted by atomic mass is 19.2. The molecule has 4 nitrogen and oxygen atoms in total. The molecule has 0 aliphatic carbocycles. The Bertz CT molecular complexity index is 481. The standard InChI is InChI=1S/C14H17F2NO3/c15-12-3-1-10(7-13(12)16)2-4-14(19)17-5-6-20-9-11(17)8-18/h1,3,7,11,18H,2,4-6,8-9H2. The van der Waals surface area contributed by atoms with Gasteiger partial charge in [0.2, 0.25) is 5.91 Å². The zero-order valence-electron chi connectivity index (χ0n) is 11.0. The molecule has 1 unspecified atom stereocenters. The van der Waals surface area contributed by atoms with E-state index in [9.17, 15) is 18.7 Å². The highest BCUT2D eigenvalue weighted by Gasteiger charge is 2.26. The van der Waals surface area contributed by atoms with E-state index < -0.39 is 11.6 Å². The number of carbonyl (C=O) groups excluding carboxylic acids is 1. The van der Waals surface area contributed by atoms with Crippen LogP contribution >= 0.6 is 0 Å². The average molecular weight is 285 g/mol. The zero-order chi connectivity index (χ0) is 14.5. The Morgan fingerprint density at radius 1 is 1.40 bits per heavy atom. The van der Waals surface area contributed by atoms with Crippen LogP contribution in [0.1, 0.15) is 12.0 Å². The maximum Gasteiger partial charge on any atom is 0.223 e. The van der Waals surface area contributed by atoms with Crippen LogP contribution in [0.4, 0.5) is 8.78 Å². The molecular weight excluding hydrogens is 268 g/mol. The van der Waals surface area contributed by atoms with Crippen molar-refractivity contribution >= 4 is 5.91 Å². The second-order valence-electron chi connectivity index (χ2n) is 4.75. The van der Waals surface area contributed by atoms with Gasteiger partial charge < -0.3 is 14.7 Å². The molecule has 1 fully saturated rings. The van der Waals surface area contributed by atoms with Gasteiger partial charge in [-0.3, -0.25) is 4.79 Å². The van der Waals surface area contributed by atoms with E-state index in [1.54, 1.807) is 4.90 Å². The fraction of sp³-hybridized carbons (Fsp3) is 0.500. The van der Waals surface area contributed by atoms with Gasteiger partial charge in [-0.2, -0.15) is 0 Å². The Balaban J connectivity index is 1.92. The van der Waals surface area contributed by atoms with Crippen molar-refractivity contribution in [2.24, 2.45) is 0 Å². The van der Waals surface area contributed by atoms with Crippen molar-refractivity contribution in [1.29, 1.82) is 0 Å². The lowest BCUT2D eigenvalue weighted by molar-refractivity contribution is -0.141. The summed E-state index contributed by atoms with van der Waals surface area (Å²) in [4.78, 5) is 13.7. The molecule has 1 atom stereocenters. The lowest BCUT2D eigenvalue weighted by atomic mass is 10.1. The third-order valence-electron chi connectivity index (χ3n) is 3.37. The first-order valence-electron chi connectivity index (χ1n) is 6.54. The maximum atomic E-state index is 13.1. The smallest absolute Gasteiger partial charge is 0.223 e. The predicted octanol–water partition coefficient (Wildman–Crippen LogP) is 1.12. The van der Waals surface area contributed by atoms with Gasteiger partial charge in [0.1, 0.15) is 0 Å². The summed E-state index contributed by atoms with van der Waals surface area (Å²) in [5, 5.41) is 9.20. The van der Waals surface area contributed by atoms with E-state index in [1.807, 2.05) is 0 Å². The highest BCUT2D eigenvalue weighted by Crippen LogP contribution is 2.13. The quantitative estimate of drug-likeness (QED) is 0.902. The minimum atomic E-state index is -0.908. The summed E-state index contributed by atoms with van der Waals surface area (Å²) in [6, 6.07) is 3.31. The van der Waals surface area contributed by atoms with Crippen molar-refractivity contribution in [3.8, 4) is 0 Å². The molecule has 2 rings (SSSR count). The summed E-state index contributed by atoms with van der Waals surface area (Å²) < 4.78 is 31.0.